The molecule has 0 aromatic heterocycles. The molecule has 0 N–H and O–H groups in total. The van der Waals surface area contributed by atoms with Crippen LogP contribution in [-0.2, 0) is 12.8 Å². The van der Waals surface area contributed by atoms with Gasteiger partial charge in [0.05, 0.1) is 0 Å². The van der Waals surface area contributed by atoms with Gasteiger partial charge in [0.25, 0.3) is 0 Å². The van der Waals surface area contributed by atoms with Crippen molar-refractivity contribution in [1.82, 2.24) is 0 Å². The molecule has 0 heterocycles. The summed E-state index contributed by atoms with van der Waals surface area (Å²) in [5.41, 5.74) is 4.72. The summed E-state index contributed by atoms with van der Waals surface area (Å²) in [5.74, 6) is 0.719. The van der Waals surface area contributed by atoms with Gasteiger partial charge in [-0.05, 0) is 41.9 Å². The van der Waals surface area contributed by atoms with E-state index in [1.807, 2.05) is 41.5 Å². The largest absolute Gasteiger partial charge is 0.0683 e. The van der Waals surface area contributed by atoms with E-state index in [9.17, 15) is 0 Å². The molecule has 0 aliphatic heterocycles. The van der Waals surface area contributed by atoms with E-state index in [2.05, 4.69) is 45.9 Å². The lowest BCUT2D eigenvalue weighted by molar-refractivity contribution is 0.623. The number of aryl methyl sites for hydroxylation is 2. The molecule has 0 heteroatoms. The summed E-state index contributed by atoms with van der Waals surface area (Å²) in [6.07, 6.45) is 8.96. The summed E-state index contributed by atoms with van der Waals surface area (Å²) < 4.78 is 0. The predicted octanol–water partition coefficient (Wildman–Crippen LogP) is 8.96. The van der Waals surface area contributed by atoms with Gasteiger partial charge in [-0.3, -0.25) is 0 Å². The van der Waals surface area contributed by atoms with Gasteiger partial charge in [0.2, 0.25) is 0 Å². The maximum absolute atomic E-state index is 2.48. The van der Waals surface area contributed by atoms with Crippen LogP contribution in [0.3, 0.4) is 0 Å². The lowest BCUT2D eigenvalue weighted by Crippen LogP contribution is -1.99. The molecule has 0 bridgehead atoms. The van der Waals surface area contributed by atoms with Crippen LogP contribution in [0.5, 0.6) is 0 Å². The Morgan fingerprint density at radius 2 is 1.21 bits per heavy atom. The molecule has 0 fully saturated rings. The van der Waals surface area contributed by atoms with Crippen molar-refractivity contribution in [3.05, 3.63) is 34.9 Å². The Labute approximate surface area is 155 Å². The lowest BCUT2D eigenvalue weighted by atomic mass is 9.90. The van der Waals surface area contributed by atoms with Crippen molar-refractivity contribution in [1.29, 1.82) is 0 Å². The molecule has 0 radical (unpaired) electrons. The zero-order valence-electron chi connectivity index (χ0n) is 18.8. The Morgan fingerprint density at radius 1 is 0.708 bits per heavy atom. The van der Waals surface area contributed by atoms with Crippen LogP contribution in [0.15, 0.2) is 18.2 Å². The van der Waals surface area contributed by atoms with Crippen molar-refractivity contribution in [3.8, 4) is 0 Å². The average molecular weight is 337 g/mol. The summed E-state index contributed by atoms with van der Waals surface area (Å²) in [5, 5.41) is 0. The maximum atomic E-state index is 2.48. The maximum Gasteiger partial charge on any atom is -0.0190 e. The Bertz CT molecular complexity index is 338. The highest BCUT2D eigenvalue weighted by Crippen LogP contribution is 2.25. The first kappa shape index (κ1) is 28.0. The van der Waals surface area contributed by atoms with Crippen LogP contribution >= 0.6 is 0 Å². The normalized spacial score (nSPS) is 10.2. The zero-order chi connectivity index (χ0) is 19.4. The summed E-state index contributed by atoms with van der Waals surface area (Å²) >= 11 is 0. The minimum absolute atomic E-state index is 0.719. The number of unbranched alkanes of at least 4 members (excludes halogenated alkanes) is 1. The van der Waals surface area contributed by atoms with Gasteiger partial charge in [0.15, 0.2) is 0 Å². The first-order valence-corrected chi connectivity index (χ1v) is 10.8. The molecule has 0 amide bonds. The minimum Gasteiger partial charge on any atom is -0.0683 e. The fourth-order valence-corrected chi connectivity index (χ4v) is 2.64. The molecule has 0 spiro atoms. The Kier molecular flexibility index (Phi) is 26.0. The molecule has 144 valence electrons. The standard InChI is InChI=1S/C18H30.3C2H6/c1-5-8-11-15(4)17-13-12-16(9-6-2)18(14-17)10-7-3;3*1-2/h12-15H,5-11H2,1-4H3;3*1-2H3. The van der Waals surface area contributed by atoms with Crippen molar-refractivity contribution < 1.29 is 0 Å². The Morgan fingerprint density at radius 3 is 1.67 bits per heavy atom. The predicted molar refractivity (Wildman–Crippen MR) is 116 cm³/mol. The molecule has 1 aromatic rings. The van der Waals surface area contributed by atoms with E-state index in [1.54, 1.807) is 16.7 Å². The molecule has 0 saturated heterocycles. The first-order valence-electron chi connectivity index (χ1n) is 10.8. The number of benzene rings is 1. The SMILES string of the molecule is CC.CC.CC.CCCCC(C)c1ccc(CCC)c(CCC)c1. The molecular weight excluding hydrogens is 288 g/mol. The van der Waals surface area contributed by atoms with Gasteiger partial charge >= 0.3 is 0 Å². The third-order valence-electron chi connectivity index (χ3n) is 3.83. The summed E-state index contributed by atoms with van der Waals surface area (Å²) in [6, 6.07) is 7.23. The van der Waals surface area contributed by atoms with E-state index in [0.29, 0.717) is 0 Å². The van der Waals surface area contributed by atoms with E-state index in [0.717, 1.165) is 5.92 Å². The monoisotopic (exact) mass is 336 g/mol. The van der Waals surface area contributed by atoms with Crippen LogP contribution in [0.2, 0.25) is 0 Å². The third-order valence-corrected chi connectivity index (χ3v) is 3.83. The average Bonchev–Trinajstić information content (AvgIpc) is 2.66. The van der Waals surface area contributed by atoms with Gasteiger partial charge in [0.1, 0.15) is 0 Å². The van der Waals surface area contributed by atoms with Crippen LogP contribution in [0, 0.1) is 0 Å². The van der Waals surface area contributed by atoms with Crippen LogP contribution in [0.4, 0.5) is 0 Å². The molecule has 24 heavy (non-hydrogen) atoms. The van der Waals surface area contributed by atoms with Crippen molar-refractivity contribution in [3.63, 3.8) is 0 Å². The quantitative estimate of drug-likeness (QED) is 0.444. The highest BCUT2D eigenvalue weighted by Gasteiger charge is 2.08. The summed E-state index contributed by atoms with van der Waals surface area (Å²) in [4.78, 5) is 0. The fourth-order valence-electron chi connectivity index (χ4n) is 2.64. The highest BCUT2D eigenvalue weighted by atomic mass is 14.1. The van der Waals surface area contributed by atoms with E-state index >= 15 is 0 Å². The smallest absolute Gasteiger partial charge is 0.0190 e. The van der Waals surface area contributed by atoms with Crippen molar-refractivity contribution >= 4 is 0 Å². The van der Waals surface area contributed by atoms with Gasteiger partial charge in [-0.25, -0.2) is 0 Å². The van der Waals surface area contributed by atoms with E-state index in [4.69, 9.17) is 0 Å². The second-order valence-corrected chi connectivity index (χ2v) is 5.57. The highest BCUT2D eigenvalue weighted by molar-refractivity contribution is 5.34. The van der Waals surface area contributed by atoms with E-state index in [-0.39, 0.29) is 0 Å². The molecule has 0 aliphatic rings. The van der Waals surface area contributed by atoms with Crippen molar-refractivity contribution in [2.45, 2.75) is 120 Å². The Balaban J connectivity index is -0.000000659. The van der Waals surface area contributed by atoms with Crippen LogP contribution in [-0.4, -0.2) is 0 Å². The number of rotatable bonds is 8. The zero-order valence-corrected chi connectivity index (χ0v) is 18.8. The fraction of sp³-hybridized carbons (Fsp3) is 0.750. The van der Waals surface area contributed by atoms with Crippen molar-refractivity contribution in [2.75, 3.05) is 0 Å². The van der Waals surface area contributed by atoms with E-state index in [1.165, 1.54) is 44.9 Å². The Hall–Kier alpha value is -0.780. The molecule has 0 aliphatic carbocycles. The lowest BCUT2D eigenvalue weighted by Gasteiger charge is -2.15. The van der Waals surface area contributed by atoms with E-state index < -0.39 is 0 Å². The molecule has 0 nitrogen and oxygen atoms in total. The number of hydrogen-bond donors (Lipinski definition) is 0. The van der Waals surface area contributed by atoms with Gasteiger partial charge in [-0.2, -0.15) is 0 Å². The molecule has 0 saturated carbocycles. The topological polar surface area (TPSA) is 0 Å². The molecule has 1 unspecified atom stereocenters. The second kappa shape index (κ2) is 22.2. The van der Waals surface area contributed by atoms with Crippen LogP contribution in [0.1, 0.15) is 124 Å². The first-order chi connectivity index (χ1) is 11.7. The van der Waals surface area contributed by atoms with Crippen molar-refractivity contribution in [2.24, 2.45) is 0 Å². The molecule has 1 aromatic carbocycles. The second-order valence-electron chi connectivity index (χ2n) is 5.57. The third kappa shape index (κ3) is 12.6. The van der Waals surface area contributed by atoms with Crippen LogP contribution in [0.25, 0.3) is 0 Å². The molecule has 1 rings (SSSR count). The molecule has 1 atom stereocenters. The molecular formula is C24H48. The summed E-state index contributed by atoms with van der Waals surface area (Å²) in [6.45, 7) is 21.2. The van der Waals surface area contributed by atoms with Gasteiger partial charge in [0, 0.05) is 0 Å². The van der Waals surface area contributed by atoms with Crippen LogP contribution < -0.4 is 0 Å². The minimum atomic E-state index is 0.719. The van der Waals surface area contributed by atoms with Gasteiger partial charge in [-0.15, -0.1) is 0 Å². The summed E-state index contributed by atoms with van der Waals surface area (Å²) in [7, 11) is 0. The van der Waals surface area contributed by atoms with Gasteiger partial charge < -0.3 is 0 Å². The number of hydrogen-bond acceptors (Lipinski definition) is 0. The van der Waals surface area contributed by atoms with Gasteiger partial charge in [-0.1, -0.05) is 113 Å².